The number of hydrogen-bond donors (Lipinski definition) is 0. The third-order valence-electron chi connectivity index (χ3n) is 4.25. The van der Waals surface area contributed by atoms with E-state index in [1.807, 2.05) is 30.3 Å². The van der Waals surface area contributed by atoms with Crippen LogP contribution in [0.4, 0.5) is 0 Å². The summed E-state index contributed by atoms with van der Waals surface area (Å²) in [6, 6.07) is 18.5. The zero-order valence-corrected chi connectivity index (χ0v) is 13.5. The molecular weight excluding hydrogens is 284 g/mol. The Hall–Kier alpha value is -2.35. The Bertz CT molecular complexity index is 714. The molecule has 0 spiro atoms. The standard InChI is InChI=1S/C21H22O2/c1-2-3-13-20(22)23-21-18-12-8-7-11-17(18)14-15-19(21)16-9-5-4-6-10-16/h4-12H,2-3,13-15H2,1H3. The third-order valence-corrected chi connectivity index (χ3v) is 4.25. The molecule has 0 aromatic heterocycles. The summed E-state index contributed by atoms with van der Waals surface area (Å²) in [5.74, 6) is 0.617. The Morgan fingerprint density at radius 3 is 2.52 bits per heavy atom. The van der Waals surface area contributed by atoms with E-state index in [-0.39, 0.29) is 5.97 Å². The maximum atomic E-state index is 12.2. The fourth-order valence-corrected chi connectivity index (χ4v) is 3.01. The normalized spacial score (nSPS) is 13.6. The molecule has 2 aromatic carbocycles. The second-order valence-corrected chi connectivity index (χ2v) is 5.91. The van der Waals surface area contributed by atoms with E-state index in [4.69, 9.17) is 4.74 Å². The topological polar surface area (TPSA) is 26.3 Å². The SMILES string of the molecule is CCCCC(=O)OC1=C(c2ccccc2)CCc2ccccc21. The van der Waals surface area contributed by atoms with E-state index in [1.165, 1.54) is 5.56 Å². The molecule has 0 N–H and O–H groups in total. The van der Waals surface area contributed by atoms with Crippen molar-refractivity contribution in [1.29, 1.82) is 0 Å². The van der Waals surface area contributed by atoms with E-state index in [1.54, 1.807) is 0 Å². The van der Waals surface area contributed by atoms with Crippen LogP contribution < -0.4 is 0 Å². The van der Waals surface area contributed by atoms with Crippen LogP contribution in [0.2, 0.25) is 0 Å². The smallest absolute Gasteiger partial charge is 0.311 e. The molecule has 0 radical (unpaired) electrons. The predicted molar refractivity (Wildman–Crippen MR) is 93.6 cm³/mol. The molecule has 23 heavy (non-hydrogen) atoms. The van der Waals surface area contributed by atoms with Crippen LogP contribution >= 0.6 is 0 Å². The van der Waals surface area contributed by atoms with Gasteiger partial charge in [0.1, 0.15) is 5.76 Å². The number of benzene rings is 2. The summed E-state index contributed by atoms with van der Waals surface area (Å²) < 4.78 is 5.83. The van der Waals surface area contributed by atoms with Crippen LogP contribution in [-0.4, -0.2) is 5.97 Å². The van der Waals surface area contributed by atoms with Gasteiger partial charge in [-0.05, 0) is 30.4 Å². The molecule has 0 bridgehead atoms. The van der Waals surface area contributed by atoms with Crippen molar-refractivity contribution in [3.8, 4) is 0 Å². The highest BCUT2D eigenvalue weighted by molar-refractivity contribution is 5.94. The summed E-state index contributed by atoms with van der Waals surface area (Å²) in [5.41, 5.74) is 4.59. The first-order chi connectivity index (χ1) is 11.3. The van der Waals surface area contributed by atoms with E-state index in [0.29, 0.717) is 6.42 Å². The molecule has 0 aliphatic heterocycles. The van der Waals surface area contributed by atoms with Gasteiger partial charge in [0.2, 0.25) is 0 Å². The highest BCUT2D eigenvalue weighted by atomic mass is 16.5. The molecule has 3 rings (SSSR count). The number of ether oxygens (including phenoxy) is 1. The Kier molecular flexibility index (Phi) is 4.92. The van der Waals surface area contributed by atoms with Gasteiger partial charge in [-0.2, -0.15) is 0 Å². The molecule has 0 fully saturated rings. The number of unbranched alkanes of at least 4 members (excludes halogenated alkanes) is 1. The van der Waals surface area contributed by atoms with E-state index in [9.17, 15) is 4.79 Å². The number of esters is 1. The first-order valence-corrected chi connectivity index (χ1v) is 8.37. The van der Waals surface area contributed by atoms with Gasteiger partial charge in [-0.15, -0.1) is 0 Å². The van der Waals surface area contributed by atoms with Gasteiger partial charge in [0.05, 0.1) is 0 Å². The summed E-state index contributed by atoms with van der Waals surface area (Å²) in [5, 5.41) is 0. The number of aryl methyl sites for hydroxylation is 1. The van der Waals surface area contributed by atoms with Crippen LogP contribution in [0.15, 0.2) is 54.6 Å². The Balaban J connectivity index is 2.01. The number of hydrogen-bond acceptors (Lipinski definition) is 2. The van der Waals surface area contributed by atoms with Gasteiger partial charge in [0, 0.05) is 17.6 Å². The summed E-state index contributed by atoms with van der Waals surface area (Å²) in [7, 11) is 0. The molecule has 0 heterocycles. The minimum absolute atomic E-state index is 0.132. The molecule has 2 heteroatoms. The second kappa shape index (κ2) is 7.28. The van der Waals surface area contributed by atoms with Crippen LogP contribution in [0.5, 0.6) is 0 Å². The van der Waals surface area contributed by atoms with Gasteiger partial charge >= 0.3 is 5.97 Å². The van der Waals surface area contributed by atoms with Crippen molar-refractivity contribution in [2.24, 2.45) is 0 Å². The lowest BCUT2D eigenvalue weighted by Gasteiger charge is -2.23. The molecule has 0 atom stereocenters. The number of carbonyl (C=O) groups excluding carboxylic acids is 1. The minimum atomic E-state index is -0.132. The Morgan fingerprint density at radius 1 is 1.00 bits per heavy atom. The summed E-state index contributed by atoms with van der Waals surface area (Å²) in [6.45, 7) is 2.08. The van der Waals surface area contributed by atoms with E-state index in [2.05, 4.69) is 31.2 Å². The summed E-state index contributed by atoms with van der Waals surface area (Å²) in [4.78, 5) is 12.2. The minimum Gasteiger partial charge on any atom is -0.426 e. The first kappa shape index (κ1) is 15.5. The zero-order valence-electron chi connectivity index (χ0n) is 13.5. The van der Waals surface area contributed by atoms with Gasteiger partial charge < -0.3 is 4.74 Å². The maximum absolute atomic E-state index is 12.2. The van der Waals surface area contributed by atoms with Crippen molar-refractivity contribution in [2.75, 3.05) is 0 Å². The second-order valence-electron chi connectivity index (χ2n) is 5.91. The average molecular weight is 306 g/mol. The number of rotatable bonds is 5. The van der Waals surface area contributed by atoms with Crippen molar-refractivity contribution in [3.63, 3.8) is 0 Å². The molecular formula is C21H22O2. The van der Waals surface area contributed by atoms with Crippen molar-refractivity contribution >= 4 is 17.3 Å². The van der Waals surface area contributed by atoms with Gasteiger partial charge in [-0.3, -0.25) is 4.79 Å². The fraction of sp³-hybridized carbons (Fsp3) is 0.286. The van der Waals surface area contributed by atoms with Crippen molar-refractivity contribution in [1.82, 2.24) is 0 Å². The molecule has 0 amide bonds. The van der Waals surface area contributed by atoms with Crippen LogP contribution in [0.3, 0.4) is 0 Å². The summed E-state index contributed by atoms with van der Waals surface area (Å²) >= 11 is 0. The maximum Gasteiger partial charge on any atom is 0.311 e. The lowest BCUT2D eigenvalue weighted by atomic mass is 9.87. The predicted octanol–water partition coefficient (Wildman–Crippen LogP) is 5.23. The van der Waals surface area contributed by atoms with Gasteiger partial charge in [0.25, 0.3) is 0 Å². The third kappa shape index (κ3) is 3.53. The monoisotopic (exact) mass is 306 g/mol. The van der Waals surface area contributed by atoms with Gasteiger partial charge in [-0.1, -0.05) is 67.9 Å². The largest absolute Gasteiger partial charge is 0.426 e. The summed E-state index contributed by atoms with van der Waals surface area (Å²) in [6.07, 6.45) is 4.22. The van der Waals surface area contributed by atoms with Crippen LogP contribution in [-0.2, 0) is 16.0 Å². The van der Waals surface area contributed by atoms with Gasteiger partial charge in [0.15, 0.2) is 0 Å². The Labute approximate surface area is 137 Å². The van der Waals surface area contributed by atoms with Crippen LogP contribution in [0.1, 0.15) is 49.3 Å². The van der Waals surface area contributed by atoms with E-state index in [0.717, 1.165) is 48.1 Å². The van der Waals surface area contributed by atoms with E-state index >= 15 is 0 Å². The number of allylic oxidation sites excluding steroid dienone is 1. The molecule has 0 saturated carbocycles. The van der Waals surface area contributed by atoms with Crippen molar-refractivity contribution < 1.29 is 9.53 Å². The first-order valence-electron chi connectivity index (χ1n) is 8.37. The molecule has 1 aliphatic rings. The Morgan fingerprint density at radius 2 is 1.74 bits per heavy atom. The van der Waals surface area contributed by atoms with Crippen LogP contribution in [0, 0.1) is 0 Å². The average Bonchev–Trinajstić information content (AvgIpc) is 2.61. The van der Waals surface area contributed by atoms with Crippen molar-refractivity contribution in [2.45, 2.75) is 39.0 Å². The number of fused-ring (bicyclic) bond motifs is 1. The van der Waals surface area contributed by atoms with Crippen LogP contribution in [0.25, 0.3) is 11.3 Å². The fourth-order valence-electron chi connectivity index (χ4n) is 3.01. The quantitative estimate of drug-likeness (QED) is 0.707. The number of carbonyl (C=O) groups is 1. The molecule has 118 valence electrons. The molecule has 0 saturated heterocycles. The van der Waals surface area contributed by atoms with E-state index < -0.39 is 0 Å². The highest BCUT2D eigenvalue weighted by Gasteiger charge is 2.23. The highest BCUT2D eigenvalue weighted by Crippen LogP contribution is 2.37. The van der Waals surface area contributed by atoms with Crippen molar-refractivity contribution in [3.05, 3.63) is 71.3 Å². The lowest BCUT2D eigenvalue weighted by Crippen LogP contribution is -2.11. The zero-order chi connectivity index (χ0) is 16.1. The molecule has 1 aliphatic carbocycles. The molecule has 2 nitrogen and oxygen atoms in total. The molecule has 0 unspecified atom stereocenters. The lowest BCUT2D eigenvalue weighted by molar-refractivity contribution is -0.136. The molecule has 2 aromatic rings. The van der Waals surface area contributed by atoms with Gasteiger partial charge in [-0.25, -0.2) is 0 Å².